The number of nitrogens with one attached hydrogen (secondary N) is 2. The van der Waals surface area contributed by atoms with E-state index in [2.05, 4.69) is 51.1 Å². The molecule has 0 saturated carbocycles. The van der Waals surface area contributed by atoms with Gasteiger partial charge in [-0.1, -0.05) is 12.1 Å². The number of rotatable bonds is 2. The largest absolute Gasteiger partial charge is 0.316 e. The van der Waals surface area contributed by atoms with Crippen LogP contribution in [0.15, 0.2) is 18.2 Å². The Morgan fingerprint density at radius 2 is 2.28 bits per heavy atom. The Hall–Kier alpha value is -1.75. The van der Waals surface area contributed by atoms with E-state index in [0.717, 1.165) is 18.7 Å². The van der Waals surface area contributed by atoms with Crippen LogP contribution in [-0.4, -0.2) is 33.7 Å². The van der Waals surface area contributed by atoms with E-state index in [1.54, 1.807) is 0 Å². The van der Waals surface area contributed by atoms with Gasteiger partial charge in [-0.3, -0.25) is 0 Å². The van der Waals surface area contributed by atoms with Crippen LogP contribution in [0.2, 0.25) is 0 Å². The fourth-order valence-corrected chi connectivity index (χ4v) is 2.55. The second kappa shape index (κ2) is 4.86. The van der Waals surface area contributed by atoms with Crippen molar-refractivity contribution in [3.63, 3.8) is 0 Å². The minimum absolute atomic E-state index is 0.602. The van der Waals surface area contributed by atoms with Crippen LogP contribution in [0.25, 0.3) is 11.4 Å². The molecule has 1 atom stereocenters. The van der Waals surface area contributed by atoms with Crippen molar-refractivity contribution >= 4 is 0 Å². The Bertz CT molecular complexity index is 514. The van der Waals surface area contributed by atoms with E-state index in [9.17, 15) is 0 Å². The van der Waals surface area contributed by atoms with Gasteiger partial charge in [0, 0.05) is 12.1 Å². The van der Waals surface area contributed by atoms with Gasteiger partial charge in [-0.05, 0) is 54.6 Å². The summed E-state index contributed by atoms with van der Waals surface area (Å²) in [5.74, 6) is 1.28. The molecule has 2 heterocycles. The summed E-state index contributed by atoms with van der Waals surface area (Å²) in [5, 5.41) is 17.7. The number of H-pyrrole nitrogens is 1. The fourth-order valence-electron chi connectivity index (χ4n) is 2.55. The highest BCUT2D eigenvalue weighted by Crippen LogP contribution is 2.28. The summed E-state index contributed by atoms with van der Waals surface area (Å²) in [7, 11) is 0. The molecule has 0 aliphatic carbocycles. The number of hydrogen-bond acceptors (Lipinski definition) is 4. The van der Waals surface area contributed by atoms with Crippen LogP contribution in [0, 0.1) is 6.92 Å². The molecular formula is C13H17N5. The maximum Gasteiger partial charge on any atom is 0.204 e. The van der Waals surface area contributed by atoms with Gasteiger partial charge < -0.3 is 5.32 Å². The first kappa shape index (κ1) is 11.3. The quantitative estimate of drug-likeness (QED) is 0.841. The van der Waals surface area contributed by atoms with Crippen molar-refractivity contribution in [2.24, 2.45) is 0 Å². The van der Waals surface area contributed by atoms with Gasteiger partial charge in [0.15, 0.2) is 0 Å². The maximum atomic E-state index is 4.07. The lowest BCUT2D eigenvalue weighted by Crippen LogP contribution is -2.28. The number of aromatic amines is 1. The number of benzene rings is 1. The minimum atomic E-state index is 0.602. The van der Waals surface area contributed by atoms with Crippen LogP contribution in [-0.2, 0) is 0 Å². The number of tetrazole rings is 1. The first-order chi connectivity index (χ1) is 8.84. The van der Waals surface area contributed by atoms with E-state index in [1.165, 1.54) is 24.0 Å². The van der Waals surface area contributed by atoms with E-state index in [0.29, 0.717) is 11.7 Å². The second-order valence-electron chi connectivity index (χ2n) is 4.85. The molecule has 0 bridgehead atoms. The van der Waals surface area contributed by atoms with E-state index in [4.69, 9.17) is 0 Å². The molecule has 94 valence electrons. The summed E-state index contributed by atoms with van der Waals surface area (Å²) in [5.41, 5.74) is 3.63. The third-order valence-corrected chi connectivity index (χ3v) is 3.62. The molecule has 5 nitrogen and oxygen atoms in total. The van der Waals surface area contributed by atoms with Gasteiger partial charge in [-0.2, -0.15) is 5.21 Å². The molecule has 1 aliphatic rings. The Labute approximate surface area is 106 Å². The summed E-state index contributed by atoms with van der Waals surface area (Å²) in [6.07, 6.45) is 2.50. The Balaban J connectivity index is 1.95. The zero-order valence-electron chi connectivity index (χ0n) is 10.5. The lowest BCUT2D eigenvalue weighted by Gasteiger charge is -2.23. The van der Waals surface area contributed by atoms with E-state index < -0.39 is 0 Å². The highest BCUT2D eigenvalue weighted by Gasteiger charge is 2.17. The molecule has 3 rings (SSSR count). The summed E-state index contributed by atoms with van der Waals surface area (Å²) in [4.78, 5) is 0. The third kappa shape index (κ3) is 2.13. The monoisotopic (exact) mass is 243 g/mol. The van der Waals surface area contributed by atoms with Crippen LogP contribution in [0.5, 0.6) is 0 Å². The van der Waals surface area contributed by atoms with Gasteiger partial charge >= 0.3 is 0 Å². The highest BCUT2D eigenvalue weighted by atomic mass is 15.5. The summed E-state index contributed by atoms with van der Waals surface area (Å²) < 4.78 is 0. The molecule has 0 amide bonds. The van der Waals surface area contributed by atoms with Gasteiger partial charge in [0.05, 0.1) is 0 Å². The standard InChI is InChI=1S/C13H17N5/c1-9-4-5-10(11-3-2-6-14-8-11)7-12(9)13-15-17-18-16-13/h4-5,7,11,14H,2-3,6,8H2,1H3,(H,15,16,17,18). The van der Waals surface area contributed by atoms with Gasteiger partial charge in [0.2, 0.25) is 5.82 Å². The molecule has 5 heteroatoms. The normalized spacial score (nSPS) is 19.9. The molecule has 1 aromatic carbocycles. The third-order valence-electron chi connectivity index (χ3n) is 3.62. The molecule has 0 radical (unpaired) electrons. The predicted octanol–water partition coefficient (Wildman–Crippen LogP) is 1.64. The molecule has 1 unspecified atom stereocenters. The second-order valence-corrected chi connectivity index (χ2v) is 4.85. The molecular weight excluding hydrogens is 226 g/mol. The van der Waals surface area contributed by atoms with Gasteiger partial charge in [-0.15, -0.1) is 10.2 Å². The molecule has 2 N–H and O–H groups in total. The van der Waals surface area contributed by atoms with E-state index in [-0.39, 0.29) is 0 Å². The zero-order valence-corrected chi connectivity index (χ0v) is 10.5. The SMILES string of the molecule is Cc1ccc(C2CCCNC2)cc1-c1nn[nH]n1. The molecule has 0 spiro atoms. The highest BCUT2D eigenvalue weighted by molar-refractivity contribution is 5.60. The smallest absolute Gasteiger partial charge is 0.204 e. The van der Waals surface area contributed by atoms with E-state index in [1.807, 2.05) is 0 Å². The van der Waals surface area contributed by atoms with Crippen molar-refractivity contribution in [2.45, 2.75) is 25.7 Å². The van der Waals surface area contributed by atoms with Crippen molar-refractivity contribution < 1.29 is 0 Å². The van der Waals surface area contributed by atoms with Crippen LogP contribution in [0.4, 0.5) is 0 Å². The van der Waals surface area contributed by atoms with Crippen molar-refractivity contribution in [2.75, 3.05) is 13.1 Å². The van der Waals surface area contributed by atoms with Crippen LogP contribution in [0.3, 0.4) is 0 Å². The zero-order chi connectivity index (χ0) is 12.4. The number of piperidine rings is 1. The van der Waals surface area contributed by atoms with Crippen molar-refractivity contribution in [3.8, 4) is 11.4 Å². The Kier molecular flexibility index (Phi) is 3.06. The number of hydrogen-bond donors (Lipinski definition) is 2. The first-order valence-electron chi connectivity index (χ1n) is 6.39. The molecule has 1 aliphatic heterocycles. The van der Waals surface area contributed by atoms with Crippen LogP contribution in [0.1, 0.15) is 29.9 Å². The summed E-state index contributed by atoms with van der Waals surface area (Å²) >= 11 is 0. The van der Waals surface area contributed by atoms with Gasteiger partial charge in [-0.25, -0.2) is 0 Å². The minimum Gasteiger partial charge on any atom is -0.316 e. The van der Waals surface area contributed by atoms with Crippen molar-refractivity contribution in [1.29, 1.82) is 0 Å². The van der Waals surface area contributed by atoms with Gasteiger partial charge in [0.25, 0.3) is 0 Å². The average molecular weight is 243 g/mol. The molecule has 1 saturated heterocycles. The molecule has 2 aromatic rings. The average Bonchev–Trinajstić information content (AvgIpc) is 2.94. The molecule has 1 aromatic heterocycles. The predicted molar refractivity (Wildman–Crippen MR) is 69.2 cm³/mol. The van der Waals surface area contributed by atoms with E-state index >= 15 is 0 Å². The summed E-state index contributed by atoms with van der Waals surface area (Å²) in [6, 6.07) is 6.57. The molecule has 1 fully saturated rings. The lowest BCUT2D eigenvalue weighted by atomic mass is 9.89. The fraction of sp³-hybridized carbons (Fsp3) is 0.462. The van der Waals surface area contributed by atoms with Crippen molar-refractivity contribution in [3.05, 3.63) is 29.3 Å². The maximum absolute atomic E-state index is 4.07. The van der Waals surface area contributed by atoms with Crippen LogP contribution < -0.4 is 5.32 Å². The molecule has 18 heavy (non-hydrogen) atoms. The number of nitrogens with zero attached hydrogens (tertiary/aromatic N) is 3. The van der Waals surface area contributed by atoms with Gasteiger partial charge in [0.1, 0.15) is 0 Å². The Morgan fingerprint density at radius 3 is 3.00 bits per heavy atom. The van der Waals surface area contributed by atoms with Crippen molar-refractivity contribution in [1.82, 2.24) is 25.9 Å². The Morgan fingerprint density at radius 1 is 1.33 bits per heavy atom. The number of aryl methyl sites for hydroxylation is 1. The lowest BCUT2D eigenvalue weighted by molar-refractivity contribution is 0.461. The van der Waals surface area contributed by atoms with Crippen LogP contribution >= 0.6 is 0 Å². The topological polar surface area (TPSA) is 66.5 Å². The summed E-state index contributed by atoms with van der Waals surface area (Å²) in [6.45, 7) is 4.28. The number of aromatic nitrogens is 4. The first-order valence-corrected chi connectivity index (χ1v) is 6.39.